The second-order valence-electron chi connectivity index (χ2n) is 10.6. The molecule has 170 valence electrons. The van der Waals surface area contributed by atoms with Crippen LogP contribution in [-0.2, 0) is 6.54 Å². The Hall–Kier alpha value is -2.11. The van der Waals surface area contributed by atoms with E-state index in [0.717, 1.165) is 41.4 Å². The van der Waals surface area contributed by atoms with Crippen LogP contribution in [0.4, 0.5) is 0 Å². The van der Waals surface area contributed by atoms with Crippen LogP contribution in [-0.4, -0.2) is 46.6 Å². The third-order valence-corrected chi connectivity index (χ3v) is 8.83. The predicted octanol–water partition coefficient (Wildman–Crippen LogP) is 4.51. The number of phenols is 1. The fourth-order valence-electron chi connectivity index (χ4n) is 7.17. The maximum Gasteiger partial charge on any atom is 0.339 e. The van der Waals surface area contributed by atoms with Crippen LogP contribution in [0.2, 0.25) is 0 Å². The van der Waals surface area contributed by atoms with E-state index in [4.69, 9.17) is 4.42 Å². The van der Waals surface area contributed by atoms with E-state index in [2.05, 4.69) is 15.9 Å². The molecule has 0 spiro atoms. The molecule has 5 heteroatoms. The van der Waals surface area contributed by atoms with Crippen molar-refractivity contribution in [1.82, 2.24) is 9.80 Å². The molecule has 1 aliphatic carbocycles. The average Bonchev–Trinajstić information content (AvgIpc) is 2.79. The minimum atomic E-state index is -0.301. The Balaban J connectivity index is 1.38. The summed E-state index contributed by atoms with van der Waals surface area (Å²) in [6, 6.07) is 4.84. The van der Waals surface area contributed by atoms with E-state index in [0.29, 0.717) is 29.7 Å². The Morgan fingerprint density at radius 3 is 2.88 bits per heavy atom. The molecule has 2 aromatic rings. The smallest absolute Gasteiger partial charge is 0.339 e. The fourth-order valence-corrected chi connectivity index (χ4v) is 7.17. The Bertz CT molecular complexity index is 1150. The number of likely N-dealkylation sites (tertiary alicyclic amines) is 1. The van der Waals surface area contributed by atoms with Gasteiger partial charge in [-0.05, 0) is 88.6 Å². The third kappa shape index (κ3) is 3.16. The van der Waals surface area contributed by atoms with Crippen molar-refractivity contribution in [3.63, 3.8) is 0 Å². The van der Waals surface area contributed by atoms with Crippen molar-refractivity contribution in [2.75, 3.05) is 19.6 Å². The highest BCUT2D eigenvalue weighted by atomic mass is 16.4. The quantitative estimate of drug-likeness (QED) is 0.557. The number of hydrogen-bond acceptors (Lipinski definition) is 5. The van der Waals surface area contributed by atoms with E-state index in [1.54, 1.807) is 11.6 Å². The van der Waals surface area contributed by atoms with Crippen molar-refractivity contribution >= 4 is 11.0 Å². The van der Waals surface area contributed by atoms with Gasteiger partial charge < -0.3 is 9.52 Å². The van der Waals surface area contributed by atoms with E-state index in [1.165, 1.54) is 45.2 Å². The van der Waals surface area contributed by atoms with Crippen LogP contribution < -0.4 is 5.63 Å². The molecule has 6 rings (SSSR count). The highest BCUT2D eigenvalue weighted by Crippen LogP contribution is 2.45. The number of fused-ring (bicyclic) bond motifs is 7. The molecule has 4 heterocycles. The van der Waals surface area contributed by atoms with Crippen molar-refractivity contribution in [1.29, 1.82) is 0 Å². The molecule has 0 amide bonds. The summed E-state index contributed by atoms with van der Waals surface area (Å²) < 4.78 is 5.75. The van der Waals surface area contributed by atoms with Gasteiger partial charge in [0.25, 0.3) is 0 Å². The van der Waals surface area contributed by atoms with Gasteiger partial charge in [0.2, 0.25) is 0 Å². The molecule has 1 aromatic carbocycles. The van der Waals surface area contributed by atoms with Crippen LogP contribution in [0.5, 0.6) is 5.75 Å². The van der Waals surface area contributed by atoms with Gasteiger partial charge in [-0.3, -0.25) is 9.80 Å². The second kappa shape index (κ2) is 7.74. The molecule has 5 nitrogen and oxygen atoms in total. The molecule has 2 bridgehead atoms. The van der Waals surface area contributed by atoms with Crippen LogP contribution in [0.25, 0.3) is 11.0 Å². The van der Waals surface area contributed by atoms with Gasteiger partial charge in [0, 0.05) is 36.1 Å². The maximum atomic E-state index is 12.4. The van der Waals surface area contributed by atoms with Gasteiger partial charge in [-0.1, -0.05) is 18.1 Å². The van der Waals surface area contributed by atoms with Crippen molar-refractivity contribution in [3.05, 3.63) is 50.9 Å². The van der Waals surface area contributed by atoms with Crippen molar-refractivity contribution in [3.8, 4) is 5.75 Å². The summed E-state index contributed by atoms with van der Waals surface area (Å²) in [5, 5.41) is 11.7. The molecule has 32 heavy (non-hydrogen) atoms. The number of aromatic hydroxyl groups is 1. The second-order valence-corrected chi connectivity index (χ2v) is 10.6. The number of nitrogens with zero attached hydrogens (tertiary/aromatic N) is 2. The van der Waals surface area contributed by atoms with Crippen LogP contribution in [0.1, 0.15) is 55.2 Å². The van der Waals surface area contributed by atoms with Crippen molar-refractivity contribution < 1.29 is 9.52 Å². The number of phenolic OH excluding ortho intramolecular Hbond substituents is 1. The zero-order valence-electron chi connectivity index (χ0n) is 19.3. The van der Waals surface area contributed by atoms with Gasteiger partial charge in [-0.15, -0.1) is 0 Å². The van der Waals surface area contributed by atoms with Gasteiger partial charge >= 0.3 is 5.63 Å². The molecular formula is C27H34N2O3. The average molecular weight is 435 g/mol. The lowest BCUT2D eigenvalue weighted by Gasteiger charge is -2.54. The molecule has 1 N–H and O–H groups in total. The SMILES string of the molecule is Cc1c(C)c2ccc(O)c(CN3CCCC4=C[C@H]5C[C@@H](CN6CCCCC56)[C@@H]43)c2oc1=O. The van der Waals surface area contributed by atoms with E-state index in [9.17, 15) is 9.90 Å². The predicted molar refractivity (Wildman–Crippen MR) is 126 cm³/mol. The van der Waals surface area contributed by atoms with Gasteiger partial charge in [0.1, 0.15) is 11.3 Å². The van der Waals surface area contributed by atoms with Crippen LogP contribution in [0.15, 0.2) is 33.0 Å². The summed E-state index contributed by atoms with van der Waals surface area (Å²) in [5.41, 5.74) is 4.23. The zero-order chi connectivity index (χ0) is 22.0. The minimum Gasteiger partial charge on any atom is -0.507 e. The number of hydrogen-bond donors (Lipinski definition) is 1. The molecule has 1 unspecified atom stereocenters. The molecule has 3 fully saturated rings. The number of rotatable bonds is 2. The zero-order valence-corrected chi connectivity index (χ0v) is 19.3. The Morgan fingerprint density at radius 2 is 2.00 bits per heavy atom. The standard InChI is InChI=1S/C27H34N2O3/c1-16-17(2)27(31)32-26-21(16)8-9-24(30)22(26)15-29-11-5-6-18-12-19-13-20(25(18)29)14-28-10-4-3-7-23(19)28/h8-9,12,19-20,23,25,30H,3-7,10-11,13-15H2,1-2H3/t19-,20-,23?,25+/m0/s1. The van der Waals surface area contributed by atoms with Crippen LogP contribution >= 0.6 is 0 Å². The lowest BCUT2D eigenvalue weighted by molar-refractivity contribution is -0.00274. The molecule has 4 aliphatic rings. The van der Waals surface area contributed by atoms with E-state index in [1.807, 2.05) is 19.9 Å². The van der Waals surface area contributed by atoms with E-state index < -0.39 is 0 Å². The summed E-state index contributed by atoms with van der Waals surface area (Å²) in [6.07, 6.45) is 10.4. The first-order chi connectivity index (χ1) is 15.5. The highest BCUT2D eigenvalue weighted by Gasteiger charge is 2.46. The molecule has 0 radical (unpaired) electrons. The van der Waals surface area contributed by atoms with E-state index in [-0.39, 0.29) is 11.4 Å². The number of piperidine rings is 3. The summed E-state index contributed by atoms with van der Waals surface area (Å²) in [5.74, 6) is 1.60. The first-order valence-corrected chi connectivity index (χ1v) is 12.4. The highest BCUT2D eigenvalue weighted by molar-refractivity contribution is 5.85. The molecule has 4 atom stereocenters. The molecule has 3 saturated heterocycles. The van der Waals surface area contributed by atoms with Crippen LogP contribution in [0, 0.1) is 25.7 Å². The maximum absolute atomic E-state index is 12.4. The van der Waals surface area contributed by atoms with Crippen molar-refractivity contribution in [2.45, 2.75) is 71.0 Å². The first-order valence-electron chi connectivity index (χ1n) is 12.4. The Labute approximate surface area is 189 Å². The third-order valence-electron chi connectivity index (χ3n) is 8.83. The lowest BCUT2D eigenvalue weighted by Crippen LogP contribution is -2.59. The Morgan fingerprint density at radius 1 is 1.12 bits per heavy atom. The fraction of sp³-hybridized carbons (Fsp3) is 0.593. The van der Waals surface area contributed by atoms with E-state index >= 15 is 0 Å². The van der Waals surface area contributed by atoms with Gasteiger partial charge in [-0.25, -0.2) is 4.79 Å². The lowest BCUT2D eigenvalue weighted by atomic mass is 9.68. The molecular weight excluding hydrogens is 400 g/mol. The molecule has 3 aliphatic heterocycles. The summed E-state index contributed by atoms with van der Waals surface area (Å²) in [6.45, 7) is 7.88. The van der Waals surface area contributed by atoms with Gasteiger partial charge in [-0.2, -0.15) is 0 Å². The number of aryl methyl sites for hydroxylation is 1. The summed E-state index contributed by atoms with van der Waals surface area (Å²) >= 11 is 0. The number of benzene rings is 1. The minimum absolute atomic E-state index is 0.230. The Kier molecular flexibility index (Phi) is 4.96. The van der Waals surface area contributed by atoms with Crippen molar-refractivity contribution in [2.24, 2.45) is 11.8 Å². The topological polar surface area (TPSA) is 56.9 Å². The molecule has 1 aromatic heterocycles. The summed E-state index contributed by atoms with van der Waals surface area (Å²) in [7, 11) is 0. The van der Waals surface area contributed by atoms with Gasteiger partial charge in [0.05, 0.1) is 5.56 Å². The van der Waals surface area contributed by atoms with Gasteiger partial charge in [0.15, 0.2) is 0 Å². The monoisotopic (exact) mass is 434 g/mol. The molecule has 0 saturated carbocycles. The van der Waals surface area contributed by atoms with Crippen LogP contribution in [0.3, 0.4) is 0 Å². The normalized spacial score (nSPS) is 30.6. The largest absolute Gasteiger partial charge is 0.507 e. The summed E-state index contributed by atoms with van der Waals surface area (Å²) in [4.78, 5) is 17.8. The first kappa shape index (κ1) is 20.5.